The van der Waals surface area contributed by atoms with Crippen LogP contribution in [0, 0.1) is 6.92 Å². The summed E-state index contributed by atoms with van der Waals surface area (Å²) in [6.07, 6.45) is 3.75. The molecule has 1 aliphatic rings. The largest absolute Gasteiger partial charge is 0.324 e. The average Bonchev–Trinajstić information content (AvgIpc) is 2.88. The number of aryl methyl sites for hydroxylation is 1. The highest BCUT2D eigenvalue weighted by Crippen LogP contribution is 2.34. The van der Waals surface area contributed by atoms with E-state index in [2.05, 4.69) is 32.5 Å². The SMILES string of the molecule is Cc1ncc2c(n1)Nc1c(-c3ccccc3)cnn1C2. The van der Waals surface area contributed by atoms with Crippen LogP contribution in [0.25, 0.3) is 11.1 Å². The molecule has 0 fully saturated rings. The molecule has 0 radical (unpaired) electrons. The number of nitrogens with zero attached hydrogens (tertiary/aromatic N) is 4. The van der Waals surface area contributed by atoms with Crippen molar-refractivity contribution < 1.29 is 0 Å². The Morgan fingerprint density at radius 1 is 1.15 bits per heavy atom. The molecule has 5 heteroatoms. The second kappa shape index (κ2) is 4.16. The van der Waals surface area contributed by atoms with Crippen LogP contribution in [0.4, 0.5) is 11.6 Å². The smallest absolute Gasteiger partial charge is 0.140 e. The van der Waals surface area contributed by atoms with Crippen LogP contribution >= 0.6 is 0 Å². The van der Waals surface area contributed by atoms with Gasteiger partial charge in [0.2, 0.25) is 0 Å². The van der Waals surface area contributed by atoms with E-state index in [-0.39, 0.29) is 0 Å². The normalized spacial score (nSPS) is 12.4. The van der Waals surface area contributed by atoms with Gasteiger partial charge in [0, 0.05) is 17.3 Å². The van der Waals surface area contributed by atoms with Crippen LogP contribution in [0.2, 0.25) is 0 Å². The van der Waals surface area contributed by atoms with Crippen molar-refractivity contribution in [3.63, 3.8) is 0 Å². The lowest BCUT2D eigenvalue weighted by Crippen LogP contribution is -2.16. The second-order valence-electron chi connectivity index (χ2n) is 4.85. The van der Waals surface area contributed by atoms with Gasteiger partial charge in [-0.05, 0) is 12.5 Å². The van der Waals surface area contributed by atoms with Gasteiger partial charge >= 0.3 is 0 Å². The summed E-state index contributed by atoms with van der Waals surface area (Å²) in [6, 6.07) is 10.2. The lowest BCUT2D eigenvalue weighted by atomic mass is 10.1. The Morgan fingerprint density at radius 3 is 2.85 bits per heavy atom. The summed E-state index contributed by atoms with van der Waals surface area (Å²) in [5.41, 5.74) is 3.30. The summed E-state index contributed by atoms with van der Waals surface area (Å²) >= 11 is 0. The Bertz CT molecular complexity index is 776. The van der Waals surface area contributed by atoms with Crippen LogP contribution in [-0.4, -0.2) is 19.7 Å². The monoisotopic (exact) mass is 263 g/mol. The third-order valence-corrected chi connectivity index (χ3v) is 3.47. The minimum atomic E-state index is 0.699. The summed E-state index contributed by atoms with van der Waals surface area (Å²) in [6.45, 7) is 2.59. The van der Waals surface area contributed by atoms with Crippen molar-refractivity contribution in [1.82, 2.24) is 19.7 Å². The third-order valence-electron chi connectivity index (χ3n) is 3.47. The Morgan fingerprint density at radius 2 is 2.00 bits per heavy atom. The van der Waals surface area contributed by atoms with E-state index in [0.29, 0.717) is 6.54 Å². The molecule has 5 nitrogen and oxygen atoms in total. The zero-order valence-electron chi connectivity index (χ0n) is 11.0. The van der Waals surface area contributed by atoms with Gasteiger partial charge in [0.05, 0.1) is 12.7 Å². The van der Waals surface area contributed by atoms with E-state index in [4.69, 9.17) is 0 Å². The summed E-state index contributed by atoms with van der Waals surface area (Å²) in [4.78, 5) is 8.70. The average molecular weight is 263 g/mol. The maximum Gasteiger partial charge on any atom is 0.140 e. The number of benzene rings is 1. The van der Waals surface area contributed by atoms with Crippen molar-refractivity contribution in [3.05, 3.63) is 54.1 Å². The molecule has 4 rings (SSSR count). The van der Waals surface area contributed by atoms with Crippen molar-refractivity contribution in [3.8, 4) is 11.1 Å². The van der Waals surface area contributed by atoms with E-state index in [1.54, 1.807) is 0 Å². The zero-order valence-corrected chi connectivity index (χ0v) is 11.0. The third kappa shape index (κ3) is 1.67. The highest BCUT2D eigenvalue weighted by atomic mass is 15.3. The van der Waals surface area contributed by atoms with Gasteiger partial charge in [-0.1, -0.05) is 30.3 Å². The first-order valence-electron chi connectivity index (χ1n) is 6.52. The number of rotatable bonds is 1. The van der Waals surface area contributed by atoms with Crippen molar-refractivity contribution >= 4 is 11.6 Å². The molecule has 20 heavy (non-hydrogen) atoms. The zero-order chi connectivity index (χ0) is 13.5. The fourth-order valence-corrected chi connectivity index (χ4v) is 2.46. The Kier molecular flexibility index (Phi) is 2.32. The molecule has 0 amide bonds. The quantitative estimate of drug-likeness (QED) is 0.573. The number of hydrogen-bond acceptors (Lipinski definition) is 4. The van der Waals surface area contributed by atoms with E-state index in [1.165, 1.54) is 0 Å². The van der Waals surface area contributed by atoms with Gasteiger partial charge in [0.15, 0.2) is 0 Å². The van der Waals surface area contributed by atoms with Crippen molar-refractivity contribution in [2.75, 3.05) is 5.32 Å². The molecule has 0 bridgehead atoms. The number of anilines is 2. The number of fused-ring (bicyclic) bond motifs is 2. The maximum absolute atomic E-state index is 4.46. The van der Waals surface area contributed by atoms with Crippen LogP contribution in [0.1, 0.15) is 11.4 Å². The van der Waals surface area contributed by atoms with Crippen LogP contribution in [0.5, 0.6) is 0 Å². The van der Waals surface area contributed by atoms with Crippen molar-refractivity contribution in [2.45, 2.75) is 13.5 Å². The van der Waals surface area contributed by atoms with Gasteiger partial charge in [-0.25, -0.2) is 14.6 Å². The highest BCUT2D eigenvalue weighted by molar-refractivity contribution is 5.79. The first kappa shape index (κ1) is 11.2. The Balaban J connectivity index is 1.82. The van der Waals surface area contributed by atoms with Crippen LogP contribution in [-0.2, 0) is 6.54 Å². The standard InChI is InChI=1S/C15H13N5/c1-10-16-7-12-9-20-15(19-14(12)18-10)13(8-17-20)11-5-3-2-4-6-11/h2-8H,9H2,1H3,(H,16,18,19). The molecule has 0 unspecified atom stereocenters. The van der Waals surface area contributed by atoms with E-state index in [9.17, 15) is 0 Å². The molecule has 1 N–H and O–H groups in total. The van der Waals surface area contributed by atoms with Gasteiger partial charge in [-0.2, -0.15) is 5.10 Å². The molecule has 1 aliphatic heterocycles. The summed E-state index contributed by atoms with van der Waals surface area (Å²) in [5.74, 6) is 2.63. The molecule has 98 valence electrons. The molecular formula is C15H13N5. The topological polar surface area (TPSA) is 55.6 Å². The van der Waals surface area contributed by atoms with E-state index >= 15 is 0 Å². The van der Waals surface area contributed by atoms with Crippen LogP contribution in [0.15, 0.2) is 42.7 Å². The summed E-state index contributed by atoms with van der Waals surface area (Å²) < 4.78 is 1.95. The predicted octanol–water partition coefficient (Wildman–Crippen LogP) is 2.75. The molecule has 0 saturated heterocycles. The van der Waals surface area contributed by atoms with Gasteiger partial charge in [0.1, 0.15) is 17.5 Å². The molecule has 0 atom stereocenters. The number of nitrogens with one attached hydrogen (secondary N) is 1. The Labute approximate surface area is 116 Å². The minimum absolute atomic E-state index is 0.699. The fourth-order valence-electron chi connectivity index (χ4n) is 2.46. The maximum atomic E-state index is 4.46. The number of aromatic nitrogens is 4. The van der Waals surface area contributed by atoms with Gasteiger partial charge in [-0.3, -0.25) is 0 Å². The predicted molar refractivity (Wildman–Crippen MR) is 76.8 cm³/mol. The molecule has 3 aromatic rings. The molecule has 0 saturated carbocycles. The van der Waals surface area contributed by atoms with Crippen LogP contribution in [0.3, 0.4) is 0 Å². The summed E-state index contributed by atoms with van der Waals surface area (Å²) in [5, 5.41) is 7.83. The molecular weight excluding hydrogens is 250 g/mol. The lowest BCUT2D eigenvalue weighted by molar-refractivity contribution is 0.677. The van der Waals surface area contributed by atoms with Crippen molar-refractivity contribution in [1.29, 1.82) is 0 Å². The molecule has 0 aliphatic carbocycles. The van der Waals surface area contributed by atoms with Crippen molar-refractivity contribution in [2.24, 2.45) is 0 Å². The fraction of sp³-hybridized carbons (Fsp3) is 0.133. The second-order valence-corrected chi connectivity index (χ2v) is 4.85. The first-order chi connectivity index (χ1) is 9.81. The molecule has 3 heterocycles. The molecule has 0 spiro atoms. The van der Waals surface area contributed by atoms with E-state index in [0.717, 1.165) is 34.2 Å². The first-order valence-corrected chi connectivity index (χ1v) is 6.52. The molecule has 2 aromatic heterocycles. The lowest BCUT2D eigenvalue weighted by Gasteiger charge is -2.19. The van der Waals surface area contributed by atoms with Crippen LogP contribution < -0.4 is 5.32 Å². The minimum Gasteiger partial charge on any atom is -0.324 e. The van der Waals surface area contributed by atoms with Gasteiger partial charge in [0.25, 0.3) is 0 Å². The van der Waals surface area contributed by atoms with E-state index in [1.807, 2.05) is 42.2 Å². The van der Waals surface area contributed by atoms with E-state index < -0.39 is 0 Å². The summed E-state index contributed by atoms with van der Waals surface area (Å²) in [7, 11) is 0. The van der Waals surface area contributed by atoms with Gasteiger partial charge < -0.3 is 5.32 Å². The molecule has 1 aromatic carbocycles. The Hall–Kier alpha value is -2.69. The number of hydrogen-bond donors (Lipinski definition) is 1. The highest BCUT2D eigenvalue weighted by Gasteiger charge is 2.20. The van der Waals surface area contributed by atoms with Gasteiger partial charge in [-0.15, -0.1) is 0 Å².